The predicted octanol–water partition coefficient (Wildman–Crippen LogP) is 5.30. The average Bonchev–Trinajstić information content (AvgIpc) is 3.25. The molecule has 172 valence electrons. The van der Waals surface area contributed by atoms with Crippen LogP contribution in [-0.2, 0) is 13.0 Å². The number of halogens is 1. The number of fused-ring (bicyclic) bond motifs is 1. The maximum atomic E-state index is 11.1. The van der Waals surface area contributed by atoms with Crippen LogP contribution in [0.1, 0.15) is 43.4 Å². The average molecular weight is 462 g/mol. The van der Waals surface area contributed by atoms with E-state index in [0.717, 1.165) is 31.4 Å². The van der Waals surface area contributed by atoms with E-state index in [2.05, 4.69) is 72.6 Å². The van der Waals surface area contributed by atoms with Gasteiger partial charge in [-0.15, -0.1) is 0 Å². The molecule has 1 aliphatic heterocycles. The molecule has 0 amide bonds. The minimum atomic E-state index is -0.479. The van der Waals surface area contributed by atoms with Crippen LogP contribution in [0.2, 0.25) is 5.02 Å². The van der Waals surface area contributed by atoms with Crippen molar-refractivity contribution in [1.82, 2.24) is 10.2 Å². The second kappa shape index (κ2) is 10.2. The van der Waals surface area contributed by atoms with Gasteiger partial charge < -0.3 is 10.4 Å². The molecule has 0 bridgehead atoms. The molecule has 0 aliphatic carbocycles. The normalized spacial score (nSPS) is 17.8. The lowest BCUT2D eigenvalue weighted by Gasteiger charge is -2.33. The Hall–Kier alpha value is -2.42. The fourth-order valence-electron chi connectivity index (χ4n) is 4.97. The third kappa shape index (κ3) is 5.75. The van der Waals surface area contributed by atoms with Gasteiger partial charge in [-0.05, 0) is 67.6 Å². The summed E-state index contributed by atoms with van der Waals surface area (Å²) in [4.78, 5) is 2.29. The minimum absolute atomic E-state index is 0.0690. The van der Waals surface area contributed by atoms with Crippen LogP contribution in [0.4, 0.5) is 0 Å². The van der Waals surface area contributed by atoms with Gasteiger partial charge >= 0.3 is 0 Å². The van der Waals surface area contributed by atoms with Crippen molar-refractivity contribution >= 4 is 22.4 Å². The van der Waals surface area contributed by atoms with Crippen LogP contribution in [0.5, 0.6) is 0 Å². The van der Waals surface area contributed by atoms with Crippen molar-refractivity contribution in [3.63, 3.8) is 0 Å². The van der Waals surface area contributed by atoms with Gasteiger partial charge in [0.2, 0.25) is 0 Å². The molecule has 3 aromatic carbocycles. The summed E-state index contributed by atoms with van der Waals surface area (Å²) in [5.41, 5.74) is 2.60. The summed E-state index contributed by atoms with van der Waals surface area (Å²) in [6.07, 6.45) is 2.40. The van der Waals surface area contributed by atoms with Crippen LogP contribution < -0.4 is 5.32 Å². The van der Waals surface area contributed by atoms with E-state index in [1.165, 1.54) is 16.3 Å². The number of nitrogens with zero attached hydrogens (tertiary/aromatic N) is 2. The first-order chi connectivity index (χ1) is 15.9. The fraction of sp³-hybridized carbons (Fsp3) is 0.393. The molecule has 1 fully saturated rings. The molecule has 2 atom stereocenters. The molecule has 3 aromatic rings. The Morgan fingerprint density at radius 1 is 1.15 bits per heavy atom. The fourth-order valence-corrected chi connectivity index (χ4v) is 5.20. The van der Waals surface area contributed by atoms with Crippen molar-refractivity contribution in [2.45, 2.75) is 57.3 Å². The van der Waals surface area contributed by atoms with E-state index in [4.69, 9.17) is 11.6 Å². The number of β-amino-alcohol motifs (C(OH)–C–C–N with tert-alkyl or cyclic N) is 1. The summed E-state index contributed by atoms with van der Waals surface area (Å²) < 4.78 is 0. The summed E-state index contributed by atoms with van der Waals surface area (Å²) >= 11 is 6.21. The Kier molecular flexibility index (Phi) is 7.36. The van der Waals surface area contributed by atoms with Gasteiger partial charge in [0.15, 0.2) is 0 Å². The third-order valence-corrected chi connectivity index (χ3v) is 7.01. The summed E-state index contributed by atoms with van der Waals surface area (Å²) in [6, 6.07) is 22.9. The molecule has 0 saturated carbocycles. The number of rotatable bonds is 8. The van der Waals surface area contributed by atoms with Crippen LogP contribution in [-0.4, -0.2) is 40.8 Å². The largest absolute Gasteiger partial charge is 0.390 e. The van der Waals surface area contributed by atoms with Gasteiger partial charge in [-0.2, -0.15) is 5.26 Å². The summed E-state index contributed by atoms with van der Waals surface area (Å²) in [5, 5.41) is 27.1. The zero-order valence-corrected chi connectivity index (χ0v) is 20.1. The molecule has 0 aromatic heterocycles. The number of nitriles is 1. The zero-order chi connectivity index (χ0) is 23.4. The van der Waals surface area contributed by atoms with Gasteiger partial charge in [-0.25, -0.2) is 0 Å². The Morgan fingerprint density at radius 3 is 2.73 bits per heavy atom. The molecular formula is C28H32ClN3O. The number of hydrogen-bond acceptors (Lipinski definition) is 4. The van der Waals surface area contributed by atoms with Gasteiger partial charge in [0.25, 0.3) is 0 Å². The van der Waals surface area contributed by atoms with E-state index in [1.54, 1.807) is 6.07 Å². The summed E-state index contributed by atoms with van der Waals surface area (Å²) in [5.74, 6) is 0. The number of nitrogens with one attached hydrogen (secondary N) is 1. The topological polar surface area (TPSA) is 59.3 Å². The molecule has 33 heavy (non-hydrogen) atoms. The SMILES string of the molecule is CC(C)(Cc1ccc2ccccc2c1)NC[C@@H](O)[C@H]1CCCN1Cc1cccc(Cl)c1C#N. The van der Waals surface area contributed by atoms with E-state index >= 15 is 0 Å². The Bertz CT molecular complexity index is 1150. The molecule has 5 heteroatoms. The molecule has 1 aliphatic rings. The van der Waals surface area contributed by atoms with Gasteiger partial charge in [0, 0.05) is 24.7 Å². The van der Waals surface area contributed by atoms with Gasteiger partial charge in [-0.1, -0.05) is 66.2 Å². The van der Waals surface area contributed by atoms with E-state index in [0.29, 0.717) is 23.7 Å². The lowest BCUT2D eigenvalue weighted by Crippen LogP contribution is -2.50. The van der Waals surface area contributed by atoms with Crippen molar-refractivity contribution < 1.29 is 5.11 Å². The predicted molar refractivity (Wildman–Crippen MR) is 135 cm³/mol. The highest BCUT2D eigenvalue weighted by atomic mass is 35.5. The summed E-state index contributed by atoms with van der Waals surface area (Å²) in [7, 11) is 0. The number of hydrogen-bond donors (Lipinski definition) is 2. The van der Waals surface area contributed by atoms with E-state index in [9.17, 15) is 10.4 Å². The summed E-state index contributed by atoms with van der Waals surface area (Å²) in [6.45, 7) is 6.45. The quantitative estimate of drug-likeness (QED) is 0.477. The highest BCUT2D eigenvalue weighted by Gasteiger charge is 2.32. The van der Waals surface area contributed by atoms with Gasteiger partial charge in [0.1, 0.15) is 6.07 Å². The lowest BCUT2D eigenvalue weighted by atomic mass is 9.93. The van der Waals surface area contributed by atoms with E-state index in [-0.39, 0.29) is 11.6 Å². The van der Waals surface area contributed by atoms with Crippen molar-refractivity contribution in [1.29, 1.82) is 5.26 Å². The molecule has 1 heterocycles. The van der Waals surface area contributed by atoms with Crippen molar-refractivity contribution in [3.05, 3.63) is 82.4 Å². The molecule has 2 N–H and O–H groups in total. The van der Waals surface area contributed by atoms with Gasteiger partial charge in [-0.3, -0.25) is 4.90 Å². The van der Waals surface area contributed by atoms with E-state index < -0.39 is 6.10 Å². The number of aliphatic hydroxyl groups is 1. The van der Waals surface area contributed by atoms with Crippen molar-refractivity contribution in [2.75, 3.05) is 13.1 Å². The number of likely N-dealkylation sites (tertiary alicyclic amines) is 1. The second-order valence-corrected chi connectivity index (χ2v) is 10.2. The van der Waals surface area contributed by atoms with Crippen molar-refractivity contribution in [3.8, 4) is 6.07 Å². The number of aliphatic hydroxyl groups excluding tert-OH is 1. The molecule has 4 nitrogen and oxygen atoms in total. The number of benzene rings is 3. The first-order valence-corrected chi connectivity index (χ1v) is 12.1. The second-order valence-electron chi connectivity index (χ2n) is 9.76. The zero-order valence-electron chi connectivity index (χ0n) is 19.4. The molecule has 0 radical (unpaired) electrons. The maximum absolute atomic E-state index is 11.1. The molecule has 0 unspecified atom stereocenters. The maximum Gasteiger partial charge on any atom is 0.101 e. The molecular weight excluding hydrogens is 430 g/mol. The first-order valence-electron chi connectivity index (χ1n) is 11.7. The Morgan fingerprint density at radius 2 is 1.94 bits per heavy atom. The van der Waals surface area contributed by atoms with Crippen molar-refractivity contribution in [2.24, 2.45) is 0 Å². The molecule has 4 rings (SSSR count). The van der Waals surface area contributed by atoms with Crippen LogP contribution in [0.3, 0.4) is 0 Å². The van der Waals surface area contributed by atoms with Gasteiger partial charge in [0.05, 0.1) is 16.7 Å². The molecule has 1 saturated heterocycles. The lowest BCUT2D eigenvalue weighted by molar-refractivity contribution is 0.0632. The van der Waals surface area contributed by atoms with Crippen LogP contribution >= 0.6 is 11.6 Å². The smallest absolute Gasteiger partial charge is 0.101 e. The monoisotopic (exact) mass is 461 g/mol. The van der Waals surface area contributed by atoms with Crippen LogP contribution in [0, 0.1) is 11.3 Å². The minimum Gasteiger partial charge on any atom is -0.390 e. The third-order valence-electron chi connectivity index (χ3n) is 6.69. The highest BCUT2D eigenvalue weighted by Crippen LogP contribution is 2.27. The standard InChI is InChI=1S/C28H32ClN3O/c1-28(2,16-20-12-13-21-7-3-4-8-22(21)15-20)31-18-27(33)26-11-6-14-32(26)19-23-9-5-10-25(29)24(23)17-30/h3-5,7-10,12-13,15,26-27,31,33H,6,11,14,16,18-19H2,1-2H3/t26-,27-/m1/s1. The highest BCUT2D eigenvalue weighted by molar-refractivity contribution is 6.31. The Labute approximate surface area is 201 Å². The molecule has 0 spiro atoms. The van der Waals surface area contributed by atoms with Crippen LogP contribution in [0.25, 0.3) is 10.8 Å². The Balaban J connectivity index is 1.37. The van der Waals surface area contributed by atoms with Crippen LogP contribution in [0.15, 0.2) is 60.7 Å². The first kappa shape index (κ1) is 23.7. The van der Waals surface area contributed by atoms with E-state index in [1.807, 2.05) is 12.1 Å².